The molecule has 0 atom stereocenters. The number of aryl methyl sites for hydroxylation is 1. The Hall–Kier alpha value is -1.03. The molecule has 14 heavy (non-hydrogen) atoms. The minimum atomic E-state index is 0.799. The highest BCUT2D eigenvalue weighted by molar-refractivity contribution is 5.25. The van der Waals surface area contributed by atoms with Crippen molar-refractivity contribution in [2.75, 3.05) is 25.0 Å². The second-order valence-electron chi connectivity index (χ2n) is 3.94. The van der Waals surface area contributed by atoms with Crippen molar-refractivity contribution >= 4 is 5.95 Å². The molecule has 1 saturated heterocycles. The van der Waals surface area contributed by atoms with Crippen LogP contribution >= 0.6 is 0 Å². The van der Waals surface area contributed by atoms with Crippen molar-refractivity contribution < 1.29 is 0 Å². The molecule has 0 amide bonds. The molecule has 0 aromatic carbocycles. The van der Waals surface area contributed by atoms with Gasteiger partial charge in [-0.3, -0.25) is 0 Å². The molecule has 4 nitrogen and oxygen atoms in total. The van der Waals surface area contributed by atoms with Crippen LogP contribution in [0.4, 0.5) is 5.95 Å². The van der Waals surface area contributed by atoms with E-state index in [0.29, 0.717) is 0 Å². The van der Waals surface area contributed by atoms with E-state index in [1.54, 1.807) is 0 Å². The smallest absolute Gasteiger partial charge is 0.202 e. The fourth-order valence-corrected chi connectivity index (χ4v) is 1.86. The Balaban J connectivity index is 1.79. The molecule has 0 unspecified atom stereocenters. The first-order chi connectivity index (χ1) is 6.86. The summed E-state index contributed by atoms with van der Waals surface area (Å²) in [5.41, 5.74) is 0. The first kappa shape index (κ1) is 9.52. The molecular formula is C10H18N4. The lowest BCUT2D eigenvalue weighted by Crippen LogP contribution is -2.31. The third-order valence-corrected chi connectivity index (χ3v) is 2.83. The Morgan fingerprint density at radius 3 is 3.00 bits per heavy atom. The van der Waals surface area contributed by atoms with E-state index in [2.05, 4.69) is 15.6 Å². The summed E-state index contributed by atoms with van der Waals surface area (Å²) >= 11 is 0. The van der Waals surface area contributed by atoms with Crippen LogP contribution in [0.25, 0.3) is 0 Å². The van der Waals surface area contributed by atoms with E-state index in [9.17, 15) is 0 Å². The van der Waals surface area contributed by atoms with E-state index in [4.69, 9.17) is 0 Å². The van der Waals surface area contributed by atoms with Crippen molar-refractivity contribution in [2.45, 2.75) is 12.8 Å². The summed E-state index contributed by atoms with van der Waals surface area (Å²) in [5, 5.41) is 6.76. The quantitative estimate of drug-likeness (QED) is 0.749. The number of aromatic nitrogens is 2. The molecular weight excluding hydrogens is 176 g/mol. The minimum absolute atomic E-state index is 0.799. The first-order valence-corrected chi connectivity index (χ1v) is 5.28. The van der Waals surface area contributed by atoms with Gasteiger partial charge in [0.15, 0.2) is 0 Å². The van der Waals surface area contributed by atoms with Crippen LogP contribution in [0, 0.1) is 5.92 Å². The third-order valence-electron chi connectivity index (χ3n) is 2.83. The molecule has 0 spiro atoms. The maximum Gasteiger partial charge on any atom is 0.202 e. The zero-order valence-corrected chi connectivity index (χ0v) is 8.66. The van der Waals surface area contributed by atoms with Crippen molar-refractivity contribution in [1.82, 2.24) is 14.9 Å². The highest BCUT2D eigenvalue weighted by Gasteiger charge is 2.12. The minimum Gasteiger partial charge on any atom is -0.355 e. The third kappa shape index (κ3) is 2.26. The molecule has 2 heterocycles. The van der Waals surface area contributed by atoms with Crippen LogP contribution in [0.3, 0.4) is 0 Å². The highest BCUT2D eigenvalue weighted by atomic mass is 15.2. The van der Waals surface area contributed by atoms with Crippen molar-refractivity contribution in [3.8, 4) is 0 Å². The standard InChI is InChI=1S/C10H18N4/c1-14-7-6-12-10(14)13-8-9-2-4-11-5-3-9/h6-7,9,11H,2-5,8H2,1H3,(H,12,13). The van der Waals surface area contributed by atoms with Gasteiger partial charge in [-0.2, -0.15) is 0 Å². The molecule has 1 aliphatic heterocycles. The molecule has 1 aromatic rings. The summed E-state index contributed by atoms with van der Waals surface area (Å²) in [6, 6.07) is 0. The van der Waals surface area contributed by atoms with Crippen LogP contribution in [0.15, 0.2) is 12.4 Å². The van der Waals surface area contributed by atoms with Crippen LogP contribution in [0.1, 0.15) is 12.8 Å². The van der Waals surface area contributed by atoms with Gasteiger partial charge in [0.05, 0.1) is 0 Å². The zero-order chi connectivity index (χ0) is 9.80. The van der Waals surface area contributed by atoms with Crippen molar-refractivity contribution in [1.29, 1.82) is 0 Å². The van der Waals surface area contributed by atoms with Gasteiger partial charge in [0, 0.05) is 26.0 Å². The van der Waals surface area contributed by atoms with Gasteiger partial charge in [-0.05, 0) is 31.8 Å². The molecule has 1 aromatic heterocycles. The Morgan fingerprint density at radius 1 is 1.57 bits per heavy atom. The van der Waals surface area contributed by atoms with Crippen LogP contribution in [-0.4, -0.2) is 29.2 Å². The van der Waals surface area contributed by atoms with E-state index < -0.39 is 0 Å². The summed E-state index contributed by atoms with van der Waals surface area (Å²) in [7, 11) is 2.01. The Morgan fingerprint density at radius 2 is 2.36 bits per heavy atom. The molecule has 0 bridgehead atoms. The van der Waals surface area contributed by atoms with Gasteiger partial charge >= 0.3 is 0 Å². The van der Waals surface area contributed by atoms with Gasteiger partial charge in [0.1, 0.15) is 0 Å². The SMILES string of the molecule is Cn1ccnc1NCC1CCNCC1. The maximum atomic E-state index is 4.24. The molecule has 1 fully saturated rings. The van der Waals surface area contributed by atoms with Crippen LogP contribution in [-0.2, 0) is 7.05 Å². The number of piperidine rings is 1. The number of rotatable bonds is 3. The largest absolute Gasteiger partial charge is 0.355 e. The van der Waals surface area contributed by atoms with Crippen molar-refractivity contribution in [2.24, 2.45) is 13.0 Å². The molecule has 2 rings (SSSR count). The van der Waals surface area contributed by atoms with Gasteiger partial charge < -0.3 is 15.2 Å². The van der Waals surface area contributed by atoms with Crippen LogP contribution in [0.2, 0.25) is 0 Å². The molecule has 0 aliphatic carbocycles. The normalized spacial score (nSPS) is 18.4. The lowest BCUT2D eigenvalue weighted by Gasteiger charge is -2.22. The monoisotopic (exact) mass is 194 g/mol. The number of anilines is 1. The van der Waals surface area contributed by atoms with E-state index in [1.165, 1.54) is 12.8 Å². The maximum absolute atomic E-state index is 4.24. The lowest BCUT2D eigenvalue weighted by atomic mass is 9.98. The number of nitrogens with zero attached hydrogens (tertiary/aromatic N) is 2. The second kappa shape index (κ2) is 4.46. The van der Waals surface area contributed by atoms with Crippen LogP contribution in [0.5, 0.6) is 0 Å². The van der Waals surface area contributed by atoms with Gasteiger partial charge in [-0.15, -0.1) is 0 Å². The van der Waals surface area contributed by atoms with Gasteiger partial charge in [0.25, 0.3) is 0 Å². The van der Waals surface area contributed by atoms with Crippen molar-refractivity contribution in [3.05, 3.63) is 12.4 Å². The average molecular weight is 194 g/mol. The lowest BCUT2D eigenvalue weighted by molar-refractivity contribution is 0.389. The number of hydrogen-bond acceptors (Lipinski definition) is 3. The Labute approximate surface area is 84.7 Å². The van der Waals surface area contributed by atoms with Crippen molar-refractivity contribution in [3.63, 3.8) is 0 Å². The molecule has 0 saturated carbocycles. The summed E-state index contributed by atoms with van der Waals surface area (Å²) in [6.45, 7) is 3.37. The molecule has 78 valence electrons. The molecule has 4 heteroatoms. The zero-order valence-electron chi connectivity index (χ0n) is 8.66. The number of imidazole rings is 1. The Bertz CT molecular complexity index is 275. The molecule has 2 N–H and O–H groups in total. The van der Waals surface area contributed by atoms with E-state index >= 15 is 0 Å². The Kier molecular flexibility index (Phi) is 3.03. The second-order valence-corrected chi connectivity index (χ2v) is 3.94. The topological polar surface area (TPSA) is 41.9 Å². The number of hydrogen-bond donors (Lipinski definition) is 2. The van der Waals surface area contributed by atoms with Gasteiger partial charge in [-0.25, -0.2) is 4.98 Å². The summed E-state index contributed by atoms with van der Waals surface area (Å²) in [5.74, 6) is 1.77. The highest BCUT2D eigenvalue weighted by Crippen LogP contribution is 2.12. The van der Waals surface area contributed by atoms with Gasteiger partial charge in [-0.1, -0.05) is 0 Å². The first-order valence-electron chi connectivity index (χ1n) is 5.28. The molecule has 1 aliphatic rings. The van der Waals surface area contributed by atoms with E-state index in [-0.39, 0.29) is 0 Å². The summed E-state index contributed by atoms with van der Waals surface area (Å²) in [4.78, 5) is 4.24. The van der Waals surface area contributed by atoms with Crippen LogP contribution < -0.4 is 10.6 Å². The van der Waals surface area contributed by atoms with E-state index in [0.717, 1.165) is 31.5 Å². The van der Waals surface area contributed by atoms with Gasteiger partial charge in [0.2, 0.25) is 5.95 Å². The molecule has 0 radical (unpaired) electrons. The number of nitrogens with one attached hydrogen (secondary N) is 2. The van der Waals surface area contributed by atoms with E-state index in [1.807, 2.05) is 24.0 Å². The fourth-order valence-electron chi connectivity index (χ4n) is 1.86. The fraction of sp³-hybridized carbons (Fsp3) is 0.700. The predicted molar refractivity (Wildman–Crippen MR) is 57.3 cm³/mol. The summed E-state index contributed by atoms with van der Waals surface area (Å²) < 4.78 is 2.01. The predicted octanol–water partition coefficient (Wildman–Crippen LogP) is 0.832. The average Bonchev–Trinajstić information content (AvgIpc) is 2.63. The summed E-state index contributed by atoms with van der Waals surface area (Å²) in [6.07, 6.45) is 6.34.